The zero-order valence-corrected chi connectivity index (χ0v) is 17.3. The van der Waals surface area contributed by atoms with E-state index in [0.717, 1.165) is 28.4 Å². The van der Waals surface area contributed by atoms with Crippen LogP contribution in [0.4, 0.5) is 22.2 Å². The molecule has 12 heteroatoms. The van der Waals surface area contributed by atoms with E-state index in [9.17, 15) is 4.79 Å². The number of aryl methyl sites for hydroxylation is 1. The fourth-order valence-corrected chi connectivity index (χ4v) is 4.35. The molecular weight excluding hydrogens is 404 g/mol. The molecule has 3 N–H and O–H groups in total. The maximum absolute atomic E-state index is 12.9. The van der Waals surface area contributed by atoms with Gasteiger partial charge in [0.2, 0.25) is 5.95 Å². The predicted octanol–water partition coefficient (Wildman–Crippen LogP) is 1.69. The first-order valence-electron chi connectivity index (χ1n) is 9.50. The maximum Gasteiger partial charge on any atom is 0.322 e. The summed E-state index contributed by atoms with van der Waals surface area (Å²) in [6.07, 6.45) is 1.75. The molecular formula is C18H20N10OS. The summed E-state index contributed by atoms with van der Waals surface area (Å²) in [4.78, 5) is 25.6. The van der Waals surface area contributed by atoms with Crippen molar-refractivity contribution in [2.75, 3.05) is 35.6 Å². The number of nitrogens with zero attached hydrogens (tertiary/aromatic N) is 8. The summed E-state index contributed by atoms with van der Waals surface area (Å²) < 4.78 is 10.2. The molecule has 0 unspecified atom stereocenters. The molecule has 1 aliphatic rings. The number of anilines is 3. The number of piperazine rings is 1. The van der Waals surface area contributed by atoms with E-state index < -0.39 is 0 Å². The van der Waals surface area contributed by atoms with Gasteiger partial charge in [-0.05, 0) is 19.1 Å². The normalized spacial score (nSPS) is 17.1. The van der Waals surface area contributed by atoms with Gasteiger partial charge in [-0.1, -0.05) is 6.07 Å². The third-order valence-corrected chi connectivity index (χ3v) is 5.85. The Hall–Kier alpha value is -3.54. The van der Waals surface area contributed by atoms with E-state index in [0.29, 0.717) is 36.5 Å². The first-order valence-corrected chi connectivity index (χ1v) is 10.2. The Balaban J connectivity index is 1.35. The smallest absolute Gasteiger partial charge is 0.322 e. The lowest BCUT2D eigenvalue weighted by Gasteiger charge is -2.40. The number of fused-ring (bicyclic) bond motifs is 2. The second-order valence-corrected chi connectivity index (χ2v) is 7.80. The maximum atomic E-state index is 12.9. The van der Waals surface area contributed by atoms with E-state index in [1.54, 1.807) is 15.8 Å². The van der Waals surface area contributed by atoms with Crippen molar-refractivity contribution in [3.8, 4) is 0 Å². The SMILES string of the molecule is C[C@H]1CN(C(=O)Nc2cccc3nsnc23)CCN1c1nc(N)nc2c1cnn2C. The van der Waals surface area contributed by atoms with E-state index in [1.165, 1.54) is 0 Å². The van der Waals surface area contributed by atoms with Gasteiger partial charge in [-0.15, -0.1) is 0 Å². The summed E-state index contributed by atoms with van der Waals surface area (Å²) >= 11 is 1.13. The van der Waals surface area contributed by atoms with Crippen LogP contribution >= 0.6 is 11.7 Å². The van der Waals surface area contributed by atoms with Crippen LogP contribution < -0.4 is 16.0 Å². The molecule has 0 radical (unpaired) electrons. The first-order chi connectivity index (χ1) is 14.5. The van der Waals surface area contributed by atoms with Crippen molar-refractivity contribution in [2.45, 2.75) is 13.0 Å². The number of benzene rings is 1. The van der Waals surface area contributed by atoms with Crippen molar-refractivity contribution in [1.82, 2.24) is 33.4 Å². The number of rotatable bonds is 2. The largest absolute Gasteiger partial charge is 0.368 e. The molecule has 30 heavy (non-hydrogen) atoms. The Bertz CT molecular complexity index is 1250. The van der Waals surface area contributed by atoms with Crippen molar-refractivity contribution in [2.24, 2.45) is 7.05 Å². The minimum Gasteiger partial charge on any atom is -0.368 e. The minimum absolute atomic E-state index is 0.0407. The van der Waals surface area contributed by atoms with Gasteiger partial charge >= 0.3 is 6.03 Å². The number of carbonyl (C=O) groups excluding carboxylic acids is 1. The summed E-state index contributed by atoms with van der Waals surface area (Å²) in [6.45, 7) is 3.78. The van der Waals surface area contributed by atoms with Crippen LogP contribution in [0.1, 0.15) is 6.92 Å². The van der Waals surface area contributed by atoms with Crippen LogP contribution in [0.15, 0.2) is 24.4 Å². The minimum atomic E-state index is -0.157. The summed E-state index contributed by atoms with van der Waals surface area (Å²) in [7, 11) is 1.82. The van der Waals surface area contributed by atoms with Crippen LogP contribution in [-0.2, 0) is 7.05 Å². The monoisotopic (exact) mass is 424 g/mol. The van der Waals surface area contributed by atoms with E-state index in [2.05, 4.69) is 41.0 Å². The Kier molecular flexibility index (Phi) is 4.35. The number of carbonyl (C=O) groups is 1. The molecule has 1 saturated heterocycles. The van der Waals surface area contributed by atoms with E-state index >= 15 is 0 Å². The van der Waals surface area contributed by atoms with Crippen LogP contribution in [0, 0.1) is 0 Å². The van der Waals surface area contributed by atoms with E-state index in [-0.39, 0.29) is 18.0 Å². The second-order valence-electron chi connectivity index (χ2n) is 7.27. The van der Waals surface area contributed by atoms with Crippen molar-refractivity contribution in [3.63, 3.8) is 0 Å². The van der Waals surface area contributed by atoms with Crippen LogP contribution in [-0.4, -0.2) is 65.1 Å². The first kappa shape index (κ1) is 18.5. The summed E-state index contributed by atoms with van der Waals surface area (Å²) in [5, 5.41) is 8.09. The van der Waals surface area contributed by atoms with E-state index in [4.69, 9.17) is 5.73 Å². The molecule has 3 aromatic heterocycles. The number of nitrogens with one attached hydrogen (secondary N) is 1. The average Bonchev–Trinajstić information content (AvgIpc) is 3.35. The van der Waals surface area contributed by atoms with Gasteiger partial charge in [0.25, 0.3) is 0 Å². The van der Waals surface area contributed by atoms with Crippen molar-refractivity contribution >= 4 is 57.3 Å². The van der Waals surface area contributed by atoms with Crippen LogP contribution in [0.25, 0.3) is 22.1 Å². The lowest BCUT2D eigenvalue weighted by molar-refractivity contribution is 0.200. The highest BCUT2D eigenvalue weighted by Crippen LogP contribution is 2.28. The molecule has 1 aliphatic heterocycles. The summed E-state index contributed by atoms with van der Waals surface area (Å²) in [5.41, 5.74) is 8.77. The Morgan fingerprint density at radius 2 is 2.13 bits per heavy atom. The van der Waals surface area contributed by atoms with Gasteiger partial charge in [0.15, 0.2) is 5.65 Å². The van der Waals surface area contributed by atoms with Crippen LogP contribution in [0.5, 0.6) is 0 Å². The van der Waals surface area contributed by atoms with Crippen molar-refractivity contribution in [1.29, 1.82) is 0 Å². The van der Waals surface area contributed by atoms with Gasteiger partial charge < -0.3 is 20.9 Å². The van der Waals surface area contributed by atoms with E-state index in [1.807, 2.05) is 25.2 Å². The molecule has 5 rings (SSSR count). The number of urea groups is 1. The highest BCUT2D eigenvalue weighted by molar-refractivity contribution is 7.00. The van der Waals surface area contributed by atoms with Crippen LogP contribution in [0.2, 0.25) is 0 Å². The zero-order valence-electron chi connectivity index (χ0n) is 16.5. The number of aromatic nitrogens is 6. The molecule has 1 atom stereocenters. The Labute approximate surface area is 175 Å². The topological polar surface area (TPSA) is 131 Å². The fraction of sp³-hybridized carbons (Fsp3) is 0.333. The summed E-state index contributed by atoms with van der Waals surface area (Å²) in [5.74, 6) is 0.954. The molecule has 4 aromatic rings. The molecule has 1 aromatic carbocycles. The van der Waals surface area contributed by atoms with Crippen molar-refractivity contribution < 1.29 is 4.79 Å². The van der Waals surface area contributed by atoms with Crippen LogP contribution in [0.3, 0.4) is 0 Å². The number of hydrogen-bond acceptors (Lipinski definition) is 9. The molecule has 2 amide bonds. The summed E-state index contributed by atoms with van der Waals surface area (Å²) in [6, 6.07) is 5.46. The number of nitrogen functional groups attached to an aromatic ring is 1. The number of nitrogens with two attached hydrogens (primary N) is 1. The standard InChI is InChI=1S/C18H20N10OS/c1-10-9-27(18(29)21-12-4-3-5-13-14(12)25-30-24-13)6-7-28(10)16-11-8-20-26(2)15(11)22-17(19)23-16/h3-5,8,10H,6-7,9H2,1-2H3,(H,21,29)(H2,19,22,23)/t10-/m0/s1. The van der Waals surface area contributed by atoms with Gasteiger partial charge in [-0.2, -0.15) is 23.8 Å². The van der Waals surface area contributed by atoms with Gasteiger partial charge in [-0.25, -0.2) is 4.79 Å². The fourth-order valence-electron chi connectivity index (χ4n) is 3.80. The van der Waals surface area contributed by atoms with Crippen molar-refractivity contribution in [3.05, 3.63) is 24.4 Å². The van der Waals surface area contributed by atoms with Gasteiger partial charge in [0.05, 0.1) is 29.0 Å². The molecule has 4 heterocycles. The number of amides is 2. The third-order valence-electron chi connectivity index (χ3n) is 5.30. The molecule has 11 nitrogen and oxygen atoms in total. The molecule has 0 aliphatic carbocycles. The zero-order chi connectivity index (χ0) is 20.8. The lowest BCUT2D eigenvalue weighted by Crippen LogP contribution is -2.55. The Morgan fingerprint density at radius 3 is 2.97 bits per heavy atom. The molecule has 0 spiro atoms. The van der Waals surface area contributed by atoms with Gasteiger partial charge in [-0.3, -0.25) is 4.68 Å². The molecule has 154 valence electrons. The average molecular weight is 424 g/mol. The molecule has 0 bridgehead atoms. The lowest BCUT2D eigenvalue weighted by atomic mass is 10.2. The molecule has 1 fully saturated rings. The number of hydrogen-bond donors (Lipinski definition) is 2. The second kappa shape index (κ2) is 7.06. The van der Waals surface area contributed by atoms with Gasteiger partial charge in [0.1, 0.15) is 16.9 Å². The molecule has 0 saturated carbocycles. The highest BCUT2D eigenvalue weighted by atomic mass is 32.1. The third kappa shape index (κ3) is 3.05. The quantitative estimate of drug-likeness (QED) is 0.497. The van der Waals surface area contributed by atoms with Gasteiger partial charge in [0, 0.05) is 32.7 Å². The highest BCUT2D eigenvalue weighted by Gasteiger charge is 2.30. The predicted molar refractivity (Wildman–Crippen MR) is 116 cm³/mol. The Morgan fingerprint density at radius 1 is 1.27 bits per heavy atom.